The van der Waals surface area contributed by atoms with Gasteiger partial charge in [-0.15, -0.1) is 0 Å². The first-order valence-corrected chi connectivity index (χ1v) is 7.52. The lowest BCUT2D eigenvalue weighted by Crippen LogP contribution is -2.22. The summed E-state index contributed by atoms with van der Waals surface area (Å²) in [6.45, 7) is 9.57. The highest BCUT2D eigenvalue weighted by Crippen LogP contribution is 2.25. The highest BCUT2D eigenvalue weighted by Gasteiger charge is 2.25. The van der Waals surface area contributed by atoms with Crippen molar-refractivity contribution in [2.75, 3.05) is 19.6 Å². The second-order valence-electron chi connectivity index (χ2n) is 6.17. The normalized spacial score (nSPS) is 28.6. The van der Waals surface area contributed by atoms with Crippen LogP contribution in [0.4, 0.5) is 0 Å². The topological polar surface area (TPSA) is 21.1 Å². The van der Waals surface area contributed by atoms with Gasteiger partial charge in [0.1, 0.15) is 5.82 Å². The van der Waals surface area contributed by atoms with Crippen LogP contribution in [0.2, 0.25) is 0 Å². The van der Waals surface area contributed by atoms with Crippen LogP contribution in [0.15, 0.2) is 6.20 Å². The Balaban J connectivity index is 1.67. The van der Waals surface area contributed by atoms with E-state index < -0.39 is 0 Å². The molecule has 3 heterocycles. The van der Waals surface area contributed by atoms with E-state index in [1.807, 2.05) is 0 Å². The van der Waals surface area contributed by atoms with Crippen molar-refractivity contribution < 1.29 is 0 Å². The van der Waals surface area contributed by atoms with E-state index in [-0.39, 0.29) is 0 Å². The Morgan fingerprint density at radius 1 is 1.33 bits per heavy atom. The average Bonchev–Trinajstić information content (AvgIpc) is 2.97. The molecule has 0 bridgehead atoms. The minimum Gasteiger partial charge on any atom is -0.332 e. The van der Waals surface area contributed by atoms with Gasteiger partial charge in [-0.25, -0.2) is 4.98 Å². The monoisotopic (exact) mass is 247 g/mol. The molecule has 0 amide bonds. The van der Waals surface area contributed by atoms with E-state index in [4.69, 9.17) is 4.98 Å². The fraction of sp³-hybridized carbons (Fsp3) is 0.800. The van der Waals surface area contributed by atoms with E-state index in [0.717, 1.165) is 11.8 Å². The van der Waals surface area contributed by atoms with E-state index >= 15 is 0 Å². The molecule has 0 aromatic carbocycles. The standard InChI is InChI=1S/C15H25N3/c1-3-17-6-5-13(11-17)9-15-16-10-14-8-12(2)4-7-18(14)15/h10,12-13H,3-9,11H2,1-2H3. The van der Waals surface area contributed by atoms with Crippen molar-refractivity contribution in [3.05, 3.63) is 17.7 Å². The van der Waals surface area contributed by atoms with Crippen molar-refractivity contribution in [3.63, 3.8) is 0 Å². The van der Waals surface area contributed by atoms with Crippen molar-refractivity contribution in [2.24, 2.45) is 11.8 Å². The first-order valence-electron chi connectivity index (χ1n) is 7.52. The molecule has 18 heavy (non-hydrogen) atoms. The van der Waals surface area contributed by atoms with E-state index in [1.165, 1.54) is 63.4 Å². The van der Waals surface area contributed by atoms with Gasteiger partial charge in [0, 0.05) is 31.4 Å². The Morgan fingerprint density at radius 2 is 2.22 bits per heavy atom. The van der Waals surface area contributed by atoms with Gasteiger partial charge in [-0.1, -0.05) is 13.8 Å². The van der Waals surface area contributed by atoms with Crippen LogP contribution >= 0.6 is 0 Å². The average molecular weight is 247 g/mol. The fourth-order valence-electron chi connectivity index (χ4n) is 3.49. The number of likely N-dealkylation sites (tertiary alicyclic amines) is 1. The van der Waals surface area contributed by atoms with Gasteiger partial charge in [-0.05, 0) is 44.2 Å². The van der Waals surface area contributed by atoms with Crippen molar-refractivity contribution in [2.45, 2.75) is 46.1 Å². The summed E-state index contributed by atoms with van der Waals surface area (Å²) in [6.07, 6.45) is 7.20. The fourth-order valence-corrected chi connectivity index (χ4v) is 3.49. The maximum absolute atomic E-state index is 4.69. The summed E-state index contributed by atoms with van der Waals surface area (Å²) < 4.78 is 2.49. The molecule has 0 aliphatic carbocycles. The highest BCUT2D eigenvalue weighted by molar-refractivity contribution is 5.09. The molecular weight excluding hydrogens is 222 g/mol. The molecule has 1 aromatic rings. The van der Waals surface area contributed by atoms with Gasteiger partial charge in [-0.3, -0.25) is 0 Å². The maximum atomic E-state index is 4.69. The number of imidazole rings is 1. The first-order chi connectivity index (χ1) is 8.76. The van der Waals surface area contributed by atoms with E-state index in [0.29, 0.717) is 0 Å². The van der Waals surface area contributed by atoms with Crippen molar-refractivity contribution in [1.82, 2.24) is 14.5 Å². The van der Waals surface area contributed by atoms with Gasteiger partial charge in [0.2, 0.25) is 0 Å². The van der Waals surface area contributed by atoms with E-state index in [9.17, 15) is 0 Å². The van der Waals surface area contributed by atoms with Crippen LogP contribution < -0.4 is 0 Å². The molecule has 2 aliphatic heterocycles. The summed E-state index contributed by atoms with van der Waals surface area (Å²) in [4.78, 5) is 7.25. The van der Waals surface area contributed by atoms with Crippen molar-refractivity contribution in [3.8, 4) is 0 Å². The van der Waals surface area contributed by atoms with Gasteiger partial charge >= 0.3 is 0 Å². The molecule has 1 saturated heterocycles. The molecule has 3 rings (SSSR count). The van der Waals surface area contributed by atoms with E-state index in [1.54, 1.807) is 0 Å². The van der Waals surface area contributed by atoms with E-state index in [2.05, 4.69) is 29.5 Å². The zero-order valence-electron chi connectivity index (χ0n) is 11.7. The number of rotatable bonds is 3. The molecule has 0 N–H and O–H groups in total. The van der Waals surface area contributed by atoms with Crippen molar-refractivity contribution >= 4 is 0 Å². The summed E-state index contributed by atoms with van der Waals surface area (Å²) in [5.74, 6) is 3.01. The summed E-state index contributed by atoms with van der Waals surface area (Å²) in [5, 5.41) is 0. The van der Waals surface area contributed by atoms with Gasteiger partial charge in [0.25, 0.3) is 0 Å². The third-order valence-corrected chi connectivity index (χ3v) is 4.71. The summed E-state index contributed by atoms with van der Waals surface area (Å²) in [5.41, 5.74) is 1.47. The molecule has 1 fully saturated rings. The summed E-state index contributed by atoms with van der Waals surface area (Å²) in [6, 6.07) is 0. The molecule has 0 spiro atoms. The number of hydrogen-bond donors (Lipinski definition) is 0. The molecule has 0 radical (unpaired) electrons. The van der Waals surface area contributed by atoms with Crippen LogP contribution in [-0.2, 0) is 19.4 Å². The Morgan fingerprint density at radius 3 is 3.00 bits per heavy atom. The Hall–Kier alpha value is -0.830. The zero-order chi connectivity index (χ0) is 12.5. The Kier molecular flexibility index (Phi) is 3.42. The van der Waals surface area contributed by atoms with Crippen LogP contribution in [0, 0.1) is 11.8 Å². The number of hydrogen-bond acceptors (Lipinski definition) is 2. The third kappa shape index (κ3) is 2.33. The second kappa shape index (κ2) is 5.04. The lowest BCUT2D eigenvalue weighted by molar-refractivity contribution is 0.338. The molecule has 3 heteroatoms. The predicted molar refractivity (Wildman–Crippen MR) is 73.6 cm³/mol. The van der Waals surface area contributed by atoms with Crippen molar-refractivity contribution in [1.29, 1.82) is 0 Å². The Bertz CT molecular complexity index is 410. The molecule has 1 aromatic heterocycles. The third-order valence-electron chi connectivity index (χ3n) is 4.71. The molecule has 0 saturated carbocycles. The van der Waals surface area contributed by atoms with Gasteiger partial charge in [0.05, 0.1) is 0 Å². The highest BCUT2D eigenvalue weighted by atomic mass is 15.1. The minimum atomic E-state index is 0.829. The molecule has 3 nitrogen and oxygen atoms in total. The van der Waals surface area contributed by atoms with Crippen LogP contribution in [0.1, 0.15) is 38.2 Å². The maximum Gasteiger partial charge on any atom is 0.109 e. The van der Waals surface area contributed by atoms with Crippen LogP contribution in [0.5, 0.6) is 0 Å². The summed E-state index contributed by atoms with van der Waals surface area (Å²) >= 11 is 0. The molecule has 2 aliphatic rings. The number of aromatic nitrogens is 2. The molecular formula is C15H25N3. The summed E-state index contributed by atoms with van der Waals surface area (Å²) in [7, 11) is 0. The van der Waals surface area contributed by atoms with Gasteiger partial charge in [0.15, 0.2) is 0 Å². The van der Waals surface area contributed by atoms with Crippen LogP contribution in [0.25, 0.3) is 0 Å². The lowest BCUT2D eigenvalue weighted by Gasteiger charge is -2.22. The number of fused-ring (bicyclic) bond motifs is 1. The number of nitrogens with zero attached hydrogens (tertiary/aromatic N) is 3. The second-order valence-corrected chi connectivity index (χ2v) is 6.17. The predicted octanol–water partition coefficient (Wildman–Crippen LogP) is 2.35. The zero-order valence-corrected chi connectivity index (χ0v) is 11.7. The molecule has 100 valence electrons. The SMILES string of the molecule is CCN1CCC(Cc2ncc3n2CCC(C)C3)C1. The van der Waals surface area contributed by atoms with Crippen LogP contribution in [-0.4, -0.2) is 34.1 Å². The van der Waals surface area contributed by atoms with Crippen LogP contribution in [0.3, 0.4) is 0 Å². The van der Waals surface area contributed by atoms with Gasteiger partial charge in [-0.2, -0.15) is 0 Å². The smallest absolute Gasteiger partial charge is 0.109 e. The lowest BCUT2D eigenvalue weighted by atomic mass is 9.98. The largest absolute Gasteiger partial charge is 0.332 e. The minimum absolute atomic E-state index is 0.829. The Labute approximate surface area is 110 Å². The molecule has 2 unspecified atom stereocenters. The quantitative estimate of drug-likeness (QED) is 0.817. The molecule has 2 atom stereocenters. The first kappa shape index (κ1) is 12.2. The van der Waals surface area contributed by atoms with Gasteiger partial charge < -0.3 is 9.47 Å².